The molecule has 0 bridgehead atoms. The van der Waals surface area contributed by atoms with Crippen LogP contribution in [0.2, 0.25) is 0 Å². The van der Waals surface area contributed by atoms with Crippen molar-refractivity contribution in [3.63, 3.8) is 0 Å². The number of hydrogen-bond acceptors (Lipinski definition) is 3. The van der Waals surface area contributed by atoms with Gasteiger partial charge in [0.2, 0.25) is 0 Å². The number of nitrogens with one attached hydrogen (secondary N) is 1. The summed E-state index contributed by atoms with van der Waals surface area (Å²) < 4.78 is 5.23. The van der Waals surface area contributed by atoms with E-state index < -0.39 is 17.4 Å². The lowest BCUT2D eigenvalue weighted by atomic mass is 9.93. The SMILES string of the molecule is C.CC(C)(C)OC(=O)NC1(N)C=CC(c2ccccc2)=CC1. The zero-order chi connectivity index (χ0) is 15.5. The minimum absolute atomic E-state index is 0. The number of hydrogen-bond donors (Lipinski definition) is 2. The van der Waals surface area contributed by atoms with Crippen LogP contribution < -0.4 is 11.1 Å². The van der Waals surface area contributed by atoms with Crippen LogP contribution in [0.3, 0.4) is 0 Å². The van der Waals surface area contributed by atoms with E-state index in [0.29, 0.717) is 6.42 Å². The van der Waals surface area contributed by atoms with E-state index in [1.165, 1.54) is 0 Å². The van der Waals surface area contributed by atoms with Gasteiger partial charge in [-0.25, -0.2) is 4.79 Å². The zero-order valence-electron chi connectivity index (χ0n) is 12.7. The Morgan fingerprint density at radius 2 is 1.91 bits per heavy atom. The van der Waals surface area contributed by atoms with Crippen LogP contribution in [0.1, 0.15) is 40.2 Å². The molecule has 0 radical (unpaired) electrons. The fourth-order valence-corrected chi connectivity index (χ4v) is 2.08. The van der Waals surface area contributed by atoms with Gasteiger partial charge in [-0.15, -0.1) is 0 Å². The number of nitrogens with two attached hydrogens (primary N) is 1. The van der Waals surface area contributed by atoms with Crippen molar-refractivity contribution in [3.8, 4) is 0 Å². The van der Waals surface area contributed by atoms with Gasteiger partial charge in [0, 0.05) is 6.42 Å². The molecule has 0 heterocycles. The van der Waals surface area contributed by atoms with Gasteiger partial charge in [0.15, 0.2) is 0 Å². The van der Waals surface area contributed by atoms with E-state index in [0.717, 1.165) is 11.1 Å². The Bertz CT molecular complexity index is 570. The van der Waals surface area contributed by atoms with E-state index in [2.05, 4.69) is 5.32 Å². The second-order valence-electron chi connectivity index (χ2n) is 6.23. The van der Waals surface area contributed by atoms with E-state index in [1.807, 2.05) is 63.3 Å². The molecule has 22 heavy (non-hydrogen) atoms. The highest BCUT2D eigenvalue weighted by atomic mass is 16.6. The third kappa shape index (κ3) is 5.04. The number of amides is 1. The molecule has 1 aliphatic rings. The number of alkyl carbamates (subject to hydrolysis) is 1. The Hall–Kier alpha value is -2.07. The van der Waals surface area contributed by atoms with Crippen LogP contribution >= 0.6 is 0 Å². The zero-order valence-corrected chi connectivity index (χ0v) is 12.7. The Morgan fingerprint density at radius 3 is 2.41 bits per heavy atom. The van der Waals surface area contributed by atoms with Crippen molar-refractivity contribution in [2.24, 2.45) is 5.73 Å². The third-order valence-electron chi connectivity index (χ3n) is 3.06. The normalized spacial score (nSPS) is 20.6. The maximum Gasteiger partial charge on any atom is 0.409 e. The third-order valence-corrected chi connectivity index (χ3v) is 3.06. The summed E-state index contributed by atoms with van der Waals surface area (Å²) in [5, 5.41) is 2.71. The van der Waals surface area contributed by atoms with Gasteiger partial charge < -0.3 is 10.5 Å². The van der Waals surface area contributed by atoms with Crippen molar-refractivity contribution in [2.45, 2.75) is 45.9 Å². The van der Waals surface area contributed by atoms with Gasteiger partial charge in [0.1, 0.15) is 11.3 Å². The first-order valence-electron chi connectivity index (χ1n) is 7.02. The van der Waals surface area contributed by atoms with Crippen molar-refractivity contribution in [2.75, 3.05) is 0 Å². The molecule has 1 aliphatic carbocycles. The molecule has 1 amide bonds. The Kier molecular flexibility index (Phi) is 5.55. The molecule has 2 rings (SSSR count). The fourth-order valence-electron chi connectivity index (χ4n) is 2.08. The highest BCUT2D eigenvalue weighted by Gasteiger charge is 2.28. The smallest absolute Gasteiger partial charge is 0.409 e. The summed E-state index contributed by atoms with van der Waals surface area (Å²) in [6.07, 6.45) is 5.76. The monoisotopic (exact) mass is 302 g/mol. The van der Waals surface area contributed by atoms with E-state index >= 15 is 0 Å². The molecule has 0 saturated heterocycles. The van der Waals surface area contributed by atoms with E-state index in [4.69, 9.17) is 10.5 Å². The van der Waals surface area contributed by atoms with Crippen molar-refractivity contribution in [1.82, 2.24) is 5.32 Å². The number of carbonyl (C=O) groups excluding carboxylic acids is 1. The first-order chi connectivity index (χ1) is 9.77. The van der Waals surface area contributed by atoms with Crippen molar-refractivity contribution in [1.29, 1.82) is 0 Å². The summed E-state index contributed by atoms with van der Waals surface area (Å²) >= 11 is 0. The summed E-state index contributed by atoms with van der Waals surface area (Å²) in [5.74, 6) is 0. The van der Waals surface area contributed by atoms with Crippen LogP contribution in [-0.4, -0.2) is 17.4 Å². The predicted molar refractivity (Wildman–Crippen MR) is 91.2 cm³/mol. The molecule has 0 saturated carbocycles. The van der Waals surface area contributed by atoms with Gasteiger partial charge in [-0.3, -0.25) is 5.32 Å². The standard InChI is InChI=1S/C17H22N2O2.CH4/c1-16(2,3)21-15(20)19-17(18)11-9-14(10-12-17)13-7-5-4-6-8-13;/h4-11H,12,18H2,1-3H3,(H,19,20);1H4. The quantitative estimate of drug-likeness (QED) is 0.816. The lowest BCUT2D eigenvalue weighted by Crippen LogP contribution is -2.55. The topological polar surface area (TPSA) is 64.3 Å². The first kappa shape index (κ1) is 18.0. The van der Waals surface area contributed by atoms with E-state index in [9.17, 15) is 4.79 Å². The highest BCUT2D eigenvalue weighted by molar-refractivity contribution is 5.76. The van der Waals surface area contributed by atoms with Crippen LogP contribution in [0.15, 0.2) is 48.6 Å². The van der Waals surface area contributed by atoms with Gasteiger partial charge in [-0.2, -0.15) is 0 Å². The number of carbonyl (C=O) groups is 1. The average molecular weight is 302 g/mol. The lowest BCUT2D eigenvalue weighted by Gasteiger charge is -2.30. The summed E-state index contributed by atoms with van der Waals surface area (Å²) in [7, 11) is 0. The minimum atomic E-state index is -0.902. The van der Waals surface area contributed by atoms with Crippen LogP contribution in [0.25, 0.3) is 5.57 Å². The predicted octanol–water partition coefficient (Wildman–Crippen LogP) is 3.85. The summed E-state index contributed by atoms with van der Waals surface area (Å²) in [4.78, 5) is 11.8. The fraction of sp³-hybridized carbons (Fsp3) is 0.389. The maximum atomic E-state index is 11.8. The number of benzene rings is 1. The molecule has 1 atom stereocenters. The van der Waals surface area contributed by atoms with Crippen LogP contribution in [-0.2, 0) is 4.74 Å². The molecule has 0 fully saturated rings. The van der Waals surface area contributed by atoms with Gasteiger partial charge in [-0.1, -0.05) is 49.9 Å². The second kappa shape index (κ2) is 6.79. The molecule has 1 unspecified atom stereocenters. The molecule has 120 valence electrons. The van der Waals surface area contributed by atoms with Crippen LogP contribution in [0.4, 0.5) is 4.79 Å². The first-order valence-corrected chi connectivity index (χ1v) is 7.02. The van der Waals surface area contributed by atoms with Crippen molar-refractivity contribution >= 4 is 11.7 Å². The molecular formula is C18H26N2O2. The number of rotatable bonds is 2. The van der Waals surface area contributed by atoms with Crippen LogP contribution in [0.5, 0.6) is 0 Å². The highest BCUT2D eigenvalue weighted by Crippen LogP contribution is 2.24. The molecule has 1 aromatic carbocycles. The van der Waals surface area contributed by atoms with Gasteiger partial charge in [0.25, 0.3) is 0 Å². The molecule has 4 heteroatoms. The minimum Gasteiger partial charge on any atom is -0.444 e. The largest absolute Gasteiger partial charge is 0.444 e. The Labute approximate surface area is 133 Å². The second-order valence-corrected chi connectivity index (χ2v) is 6.23. The number of allylic oxidation sites excluding steroid dienone is 2. The van der Waals surface area contributed by atoms with Crippen molar-refractivity contribution < 1.29 is 9.53 Å². The molecule has 4 nitrogen and oxygen atoms in total. The Morgan fingerprint density at radius 1 is 1.27 bits per heavy atom. The van der Waals surface area contributed by atoms with Gasteiger partial charge >= 0.3 is 6.09 Å². The van der Waals surface area contributed by atoms with E-state index in [-0.39, 0.29) is 7.43 Å². The average Bonchev–Trinajstić information content (AvgIpc) is 2.37. The van der Waals surface area contributed by atoms with Crippen molar-refractivity contribution in [3.05, 3.63) is 54.1 Å². The Balaban J connectivity index is 0.00000242. The molecule has 3 N–H and O–H groups in total. The van der Waals surface area contributed by atoms with Crippen LogP contribution in [0, 0.1) is 0 Å². The molecule has 0 aromatic heterocycles. The lowest BCUT2D eigenvalue weighted by molar-refractivity contribution is 0.0480. The summed E-state index contributed by atoms with van der Waals surface area (Å²) in [5.41, 5.74) is 6.97. The van der Waals surface area contributed by atoms with Gasteiger partial charge in [-0.05, 0) is 38.0 Å². The van der Waals surface area contributed by atoms with Gasteiger partial charge in [0.05, 0.1) is 0 Å². The molecule has 1 aromatic rings. The van der Waals surface area contributed by atoms with E-state index in [1.54, 1.807) is 6.08 Å². The summed E-state index contributed by atoms with van der Waals surface area (Å²) in [6, 6.07) is 10.1. The molecule has 0 spiro atoms. The summed E-state index contributed by atoms with van der Waals surface area (Å²) in [6.45, 7) is 5.46. The maximum absolute atomic E-state index is 11.8. The number of ether oxygens (including phenoxy) is 1. The molecule has 0 aliphatic heterocycles. The molecular weight excluding hydrogens is 276 g/mol.